The summed E-state index contributed by atoms with van der Waals surface area (Å²) < 4.78 is 0. The monoisotopic (exact) mass is 291 g/mol. The number of para-hydroxylation sites is 1. The smallest absolute Gasteiger partial charge is 0.176 e. The lowest BCUT2D eigenvalue weighted by Crippen LogP contribution is -2.28. The van der Waals surface area contributed by atoms with E-state index in [0.717, 1.165) is 11.3 Å². The van der Waals surface area contributed by atoms with Crippen molar-refractivity contribution >= 4 is 22.9 Å². The van der Waals surface area contributed by atoms with E-state index in [2.05, 4.69) is 46.7 Å². The second kappa shape index (κ2) is 5.81. The highest BCUT2D eigenvalue weighted by Crippen LogP contribution is 2.15. The van der Waals surface area contributed by atoms with E-state index in [9.17, 15) is 0 Å². The van der Waals surface area contributed by atoms with E-state index in [0.29, 0.717) is 17.3 Å². The van der Waals surface area contributed by atoms with Crippen LogP contribution in [0, 0.1) is 13.8 Å². The Labute approximate surface area is 129 Å². The number of nitrogens with two attached hydrogens (primary N) is 1. The Balaban J connectivity index is 1.90. The Morgan fingerprint density at radius 1 is 0.955 bits per heavy atom. The lowest BCUT2D eigenvalue weighted by molar-refractivity contribution is 1.25. The molecule has 0 radical (unpaired) electrons. The van der Waals surface area contributed by atoms with E-state index in [-0.39, 0.29) is 0 Å². The molecule has 3 N–H and O–H groups in total. The number of anilines is 1. The third-order valence-corrected chi connectivity index (χ3v) is 3.58. The van der Waals surface area contributed by atoms with Gasteiger partial charge in [-0.25, -0.2) is 0 Å². The molecule has 1 aliphatic heterocycles. The molecule has 0 aromatic heterocycles. The van der Waals surface area contributed by atoms with Crippen molar-refractivity contribution in [3.05, 3.63) is 65.2 Å². The van der Waals surface area contributed by atoms with Gasteiger partial charge < -0.3 is 5.73 Å². The number of hydrogen-bond donors (Lipinski definition) is 2. The standard InChI is InChI=1S/C17H17N5/c1-11-8-9-13(10-12(11)2)15-16(17(18)22-20-15)21-19-14-6-4-3-5-7-14/h3-10,19H,1-2H3,(H2,18,21,22). The summed E-state index contributed by atoms with van der Waals surface area (Å²) in [7, 11) is 0. The Morgan fingerprint density at radius 3 is 2.45 bits per heavy atom. The van der Waals surface area contributed by atoms with E-state index in [1.54, 1.807) is 0 Å². The van der Waals surface area contributed by atoms with Crippen LogP contribution in [0.15, 0.2) is 63.8 Å². The fourth-order valence-electron chi connectivity index (χ4n) is 2.15. The Kier molecular flexibility index (Phi) is 3.70. The first-order valence-electron chi connectivity index (χ1n) is 7.03. The first-order valence-corrected chi connectivity index (χ1v) is 7.03. The molecule has 22 heavy (non-hydrogen) atoms. The molecular formula is C17H17N5. The van der Waals surface area contributed by atoms with Gasteiger partial charge in [-0.2, -0.15) is 5.10 Å². The van der Waals surface area contributed by atoms with Crippen molar-refractivity contribution in [2.45, 2.75) is 13.8 Å². The van der Waals surface area contributed by atoms with Gasteiger partial charge in [0.05, 0.1) is 5.69 Å². The normalized spacial score (nSPS) is 15.6. The Bertz CT molecular complexity index is 788. The number of hydrazone groups is 1. The zero-order chi connectivity index (χ0) is 15.5. The third-order valence-electron chi connectivity index (χ3n) is 3.58. The number of amidine groups is 1. The predicted octanol–water partition coefficient (Wildman–Crippen LogP) is 2.85. The van der Waals surface area contributed by atoms with Crippen LogP contribution >= 0.6 is 0 Å². The molecule has 0 saturated heterocycles. The molecule has 2 aromatic rings. The minimum atomic E-state index is 0.316. The maximum atomic E-state index is 5.90. The zero-order valence-corrected chi connectivity index (χ0v) is 12.5. The molecule has 0 spiro atoms. The molecule has 1 heterocycles. The Morgan fingerprint density at radius 2 is 1.73 bits per heavy atom. The molecule has 110 valence electrons. The van der Waals surface area contributed by atoms with Crippen molar-refractivity contribution in [2.75, 3.05) is 5.43 Å². The summed E-state index contributed by atoms with van der Waals surface area (Å²) in [4.78, 5) is 0. The van der Waals surface area contributed by atoms with Crippen molar-refractivity contribution in [3.8, 4) is 0 Å². The van der Waals surface area contributed by atoms with E-state index < -0.39 is 0 Å². The van der Waals surface area contributed by atoms with Crippen LogP contribution in [0.2, 0.25) is 0 Å². The molecule has 5 heteroatoms. The van der Waals surface area contributed by atoms with Gasteiger partial charge in [-0.15, -0.1) is 10.2 Å². The molecule has 0 unspecified atom stereocenters. The van der Waals surface area contributed by atoms with Gasteiger partial charge in [0.15, 0.2) is 11.5 Å². The molecule has 0 bridgehead atoms. The highest BCUT2D eigenvalue weighted by Gasteiger charge is 2.21. The SMILES string of the molecule is Cc1ccc(C2=NN=C(N)/C2=N/Nc2ccccc2)cc1C. The lowest BCUT2D eigenvalue weighted by Gasteiger charge is -2.07. The van der Waals surface area contributed by atoms with Crippen molar-refractivity contribution in [2.24, 2.45) is 21.0 Å². The van der Waals surface area contributed by atoms with E-state index in [4.69, 9.17) is 5.73 Å². The van der Waals surface area contributed by atoms with Crippen molar-refractivity contribution in [3.63, 3.8) is 0 Å². The highest BCUT2D eigenvalue weighted by molar-refractivity contribution is 6.72. The molecule has 1 aliphatic rings. The molecule has 0 saturated carbocycles. The topological polar surface area (TPSA) is 75.1 Å². The molecule has 0 fully saturated rings. The number of benzene rings is 2. The van der Waals surface area contributed by atoms with E-state index >= 15 is 0 Å². The fourth-order valence-corrected chi connectivity index (χ4v) is 2.15. The van der Waals surface area contributed by atoms with Crippen molar-refractivity contribution < 1.29 is 0 Å². The van der Waals surface area contributed by atoms with Crippen molar-refractivity contribution in [1.29, 1.82) is 0 Å². The third kappa shape index (κ3) is 2.74. The average Bonchev–Trinajstić information content (AvgIpc) is 2.90. The second-order valence-electron chi connectivity index (χ2n) is 5.17. The molecule has 5 nitrogen and oxygen atoms in total. The van der Waals surface area contributed by atoms with Crippen LogP contribution in [0.1, 0.15) is 16.7 Å². The van der Waals surface area contributed by atoms with Crippen LogP contribution in [-0.2, 0) is 0 Å². The van der Waals surface area contributed by atoms with Gasteiger partial charge in [-0.3, -0.25) is 5.43 Å². The van der Waals surface area contributed by atoms with Crippen LogP contribution in [-0.4, -0.2) is 17.3 Å². The summed E-state index contributed by atoms with van der Waals surface area (Å²) >= 11 is 0. The molecule has 3 rings (SSSR count). The minimum absolute atomic E-state index is 0.316. The summed E-state index contributed by atoms with van der Waals surface area (Å²) in [5.74, 6) is 0.316. The molecule has 0 aliphatic carbocycles. The zero-order valence-electron chi connectivity index (χ0n) is 12.5. The summed E-state index contributed by atoms with van der Waals surface area (Å²) in [6.45, 7) is 4.14. The summed E-state index contributed by atoms with van der Waals surface area (Å²) in [5.41, 5.74) is 14.4. The first-order chi connectivity index (χ1) is 10.6. The van der Waals surface area contributed by atoms with Crippen molar-refractivity contribution in [1.82, 2.24) is 0 Å². The van der Waals surface area contributed by atoms with Crippen LogP contribution < -0.4 is 11.2 Å². The summed E-state index contributed by atoms with van der Waals surface area (Å²) in [6.07, 6.45) is 0. The van der Waals surface area contributed by atoms with Gasteiger partial charge in [0.1, 0.15) is 5.71 Å². The first kappa shape index (κ1) is 14.0. The second-order valence-corrected chi connectivity index (χ2v) is 5.17. The maximum absolute atomic E-state index is 5.90. The van der Waals surface area contributed by atoms with Crippen LogP contribution in [0.5, 0.6) is 0 Å². The van der Waals surface area contributed by atoms with Crippen LogP contribution in [0.4, 0.5) is 5.69 Å². The number of hydrogen-bond acceptors (Lipinski definition) is 5. The molecule has 0 atom stereocenters. The average molecular weight is 291 g/mol. The van der Waals surface area contributed by atoms with Gasteiger partial charge in [-0.1, -0.05) is 30.3 Å². The van der Waals surface area contributed by atoms with E-state index in [1.165, 1.54) is 11.1 Å². The van der Waals surface area contributed by atoms with Gasteiger partial charge >= 0.3 is 0 Å². The minimum Gasteiger partial charge on any atom is -0.380 e. The van der Waals surface area contributed by atoms with Gasteiger partial charge in [0.2, 0.25) is 0 Å². The van der Waals surface area contributed by atoms with E-state index in [1.807, 2.05) is 36.4 Å². The number of nitrogens with zero attached hydrogens (tertiary/aromatic N) is 3. The molecular weight excluding hydrogens is 274 g/mol. The number of aryl methyl sites for hydroxylation is 2. The molecule has 0 amide bonds. The largest absolute Gasteiger partial charge is 0.380 e. The quantitative estimate of drug-likeness (QED) is 0.853. The van der Waals surface area contributed by atoms with Crippen LogP contribution in [0.3, 0.4) is 0 Å². The fraction of sp³-hybridized carbons (Fsp3) is 0.118. The number of rotatable bonds is 3. The number of nitrogens with one attached hydrogen (secondary N) is 1. The van der Waals surface area contributed by atoms with Gasteiger partial charge in [0.25, 0.3) is 0 Å². The summed E-state index contributed by atoms with van der Waals surface area (Å²) in [6, 6.07) is 15.8. The van der Waals surface area contributed by atoms with Gasteiger partial charge in [0, 0.05) is 5.56 Å². The summed E-state index contributed by atoms with van der Waals surface area (Å²) in [5, 5.41) is 12.5. The van der Waals surface area contributed by atoms with Crippen LogP contribution in [0.25, 0.3) is 0 Å². The van der Waals surface area contributed by atoms with Gasteiger partial charge in [-0.05, 0) is 43.2 Å². The predicted molar refractivity (Wildman–Crippen MR) is 91.6 cm³/mol. The Hall–Kier alpha value is -2.95. The molecule has 2 aromatic carbocycles. The lowest BCUT2D eigenvalue weighted by atomic mass is 10.0. The maximum Gasteiger partial charge on any atom is 0.176 e. The highest BCUT2D eigenvalue weighted by atomic mass is 15.3.